The molecule has 0 aromatic heterocycles. The van der Waals surface area contributed by atoms with E-state index in [4.69, 9.17) is 16.8 Å². The van der Waals surface area contributed by atoms with Gasteiger partial charge in [-0.25, -0.2) is 0 Å². The molecule has 0 aliphatic carbocycles. The highest BCUT2D eigenvalue weighted by molar-refractivity contribution is 8.27. The number of benzene rings is 1. The summed E-state index contributed by atoms with van der Waals surface area (Å²) >= 11 is 8.16. The fourth-order valence-corrected chi connectivity index (χ4v) is 6.74. The fourth-order valence-electron chi connectivity index (χ4n) is 3.45. The van der Waals surface area contributed by atoms with E-state index in [0.717, 1.165) is 15.6 Å². The first-order valence-electron chi connectivity index (χ1n) is 11.2. The van der Waals surface area contributed by atoms with E-state index < -0.39 is 10.1 Å². The van der Waals surface area contributed by atoms with E-state index >= 15 is 0 Å². The molecule has 2 heterocycles. The topological polar surface area (TPSA) is 81.2 Å². The second-order valence-corrected chi connectivity index (χ2v) is 11.6. The van der Waals surface area contributed by atoms with Gasteiger partial charge in [0.05, 0.1) is 11.4 Å². The summed E-state index contributed by atoms with van der Waals surface area (Å²) in [6.07, 6.45) is 0.928. The SMILES string of the molecule is CCN(CC)CC.CCN1C(=O)/C(=C2\Sc3ccccc3N2CCCCS(=O)(=O)O)SC1=S. The lowest BCUT2D eigenvalue weighted by Gasteiger charge is -2.21. The first-order chi connectivity index (χ1) is 15.7. The van der Waals surface area contributed by atoms with Crippen molar-refractivity contribution >= 4 is 61.8 Å². The van der Waals surface area contributed by atoms with Crippen molar-refractivity contribution in [3.63, 3.8) is 0 Å². The van der Waals surface area contributed by atoms with Gasteiger partial charge in [-0.15, -0.1) is 0 Å². The molecular formula is C22H33N3O4S4. The van der Waals surface area contributed by atoms with Gasteiger partial charge in [0.1, 0.15) is 14.3 Å². The molecule has 184 valence electrons. The molecular weight excluding hydrogens is 499 g/mol. The molecule has 1 fully saturated rings. The Morgan fingerprint density at radius 2 is 1.64 bits per heavy atom. The summed E-state index contributed by atoms with van der Waals surface area (Å²) in [5, 5.41) is 0.839. The Hall–Kier alpha value is -1.11. The van der Waals surface area contributed by atoms with Crippen molar-refractivity contribution in [3.8, 4) is 0 Å². The molecule has 2 aliphatic heterocycles. The number of carbonyl (C=O) groups is 1. The molecule has 33 heavy (non-hydrogen) atoms. The zero-order valence-electron chi connectivity index (χ0n) is 19.6. The number of hydrogen-bond acceptors (Lipinski definition) is 8. The number of para-hydroxylation sites is 1. The first-order valence-corrected chi connectivity index (χ1v) is 14.8. The van der Waals surface area contributed by atoms with Gasteiger partial charge >= 0.3 is 0 Å². The number of thiocarbonyl (C=S) groups is 1. The minimum atomic E-state index is -3.95. The molecule has 7 nitrogen and oxygen atoms in total. The summed E-state index contributed by atoms with van der Waals surface area (Å²) in [5.41, 5.74) is 1.00. The van der Waals surface area contributed by atoms with Crippen LogP contribution in [0.25, 0.3) is 0 Å². The van der Waals surface area contributed by atoms with Crippen LogP contribution < -0.4 is 4.90 Å². The van der Waals surface area contributed by atoms with Crippen LogP contribution in [0.1, 0.15) is 40.5 Å². The molecule has 0 unspecified atom stereocenters. The summed E-state index contributed by atoms with van der Waals surface area (Å²) in [4.78, 5) is 20.4. The smallest absolute Gasteiger partial charge is 0.268 e. The van der Waals surface area contributed by atoms with Crippen molar-refractivity contribution < 1.29 is 17.8 Å². The van der Waals surface area contributed by atoms with E-state index in [9.17, 15) is 13.2 Å². The number of rotatable bonds is 9. The van der Waals surface area contributed by atoms with E-state index in [1.54, 1.807) is 4.90 Å². The summed E-state index contributed by atoms with van der Waals surface area (Å²) in [6, 6.07) is 7.87. The van der Waals surface area contributed by atoms with Crippen LogP contribution in [-0.2, 0) is 14.9 Å². The van der Waals surface area contributed by atoms with Crippen LogP contribution in [0.2, 0.25) is 0 Å². The molecule has 2 aliphatic rings. The Morgan fingerprint density at radius 1 is 1.00 bits per heavy atom. The standard InChI is InChI=1S/C16H18N2O4S4.C6H15N/c1-2-17-14(19)13(25-16(17)23)15-18(9-5-6-10-26(20,21)22)11-7-3-4-8-12(11)24-15;1-4-7(5-2)6-3/h3-4,7-8H,2,5-6,9-10H2,1H3,(H,20,21,22);4-6H2,1-3H3/b15-13+;. The first kappa shape index (κ1) is 28.1. The predicted molar refractivity (Wildman–Crippen MR) is 143 cm³/mol. The maximum atomic E-state index is 12.7. The van der Waals surface area contributed by atoms with Crippen molar-refractivity contribution in [3.05, 3.63) is 34.2 Å². The minimum absolute atomic E-state index is 0.0826. The number of hydrogen-bond donors (Lipinski definition) is 1. The van der Waals surface area contributed by atoms with Gasteiger partial charge in [-0.1, -0.05) is 68.6 Å². The molecule has 0 atom stereocenters. The highest BCUT2D eigenvalue weighted by Crippen LogP contribution is 2.50. The molecule has 0 radical (unpaired) electrons. The predicted octanol–water partition coefficient (Wildman–Crippen LogP) is 4.66. The minimum Gasteiger partial charge on any atom is -0.334 e. The summed E-state index contributed by atoms with van der Waals surface area (Å²) in [7, 11) is -3.95. The number of carbonyl (C=O) groups excluding carboxylic acids is 1. The third-order valence-corrected chi connectivity index (χ3v) is 8.90. The van der Waals surface area contributed by atoms with Crippen LogP contribution in [0.5, 0.6) is 0 Å². The van der Waals surface area contributed by atoms with E-state index in [-0.39, 0.29) is 11.7 Å². The number of unbranched alkanes of at least 4 members (excludes halogenated alkanes) is 1. The molecule has 0 bridgehead atoms. The number of fused-ring (bicyclic) bond motifs is 1. The van der Waals surface area contributed by atoms with Gasteiger partial charge < -0.3 is 9.80 Å². The number of anilines is 1. The van der Waals surface area contributed by atoms with Crippen LogP contribution in [0.3, 0.4) is 0 Å². The molecule has 0 saturated carbocycles. The molecule has 1 aromatic carbocycles. The molecule has 1 N–H and O–H groups in total. The van der Waals surface area contributed by atoms with Crippen LogP contribution >= 0.6 is 35.7 Å². The van der Waals surface area contributed by atoms with Crippen molar-refractivity contribution in [2.45, 2.75) is 45.4 Å². The number of nitrogens with zero attached hydrogens (tertiary/aromatic N) is 3. The monoisotopic (exact) mass is 531 g/mol. The summed E-state index contributed by atoms with van der Waals surface area (Å²) in [6.45, 7) is 13.1. The molecule has 1 amide bonds. The van der Waals surface area contributed by atoms with E-state index in [2.05, 4.69) is 25.7 Å². The quantitative estimate of drug-likeness (QED) is 0.212. The van der Waals surface area contributed by atoms with Crippen molar-refractivity contribution in [1.29, 1.82) is 0 Å². The molecule has 1 aromatic rings. The van der Waals surface area contributed by atoms with Crippen molar-refractivity contribution in [1.82, 2.24) is 9.80 Å². The lowest BCUT2D eigenvalue weighted by atomic mass is 10.2. The molecule has 11 heteroatoms. The second-order valence-electron chi connectivity index (χ2n) is 7.39. The highest BCUT2D eigenvalue weighted by Gasteiger charge is 2.38. The van der Waals surface area contributed by atoms with E-state index in [1.807, 2.05) is 36.1 Å². The van der Waals surface area contributed by atoms with Gasteiger partial charge in [0, 0.05) is 18.0 Å². The van der Waals surface area contributed by atoms with E-state index in [0.29, 0.717) is 35.2 Å². The lowest BCUT2D eigenvalue weighted by molar-refractivity contribution is -0.122. The van der Waals surface area contributed by atoms with Crippen molar-refractivity contribution in [2.24, 2.45) is 0 Å². The van der Waals surface area contributed by atoms with Crippen LogP contribution in [-0.4, -0.2) is 71.5 Å². The normalized spacial score (nSPS) is 18.1. The molecule has 0 spiro atoms. The number of likely N-dealkylation sites (N-methyl/N-ethyl adjacent to an activating group) is 1. The van der Waals surface area contributed by atoms with Gasteiger partial charge in [0.2, 0.25) is 0 Å². The number of thioether (sulfide) groups is 2. The second kappa shape index (κ2) is 13.1. The highest BCUT2D eigenvalue weighted by atomic mass is 32.2. The Balaban J connectivity index is 0.000000479. The van der Waals surface area contributed by atoms with Gasteiger partial charge in [0.15, 0.2) is 0 Å². The summed E-state index contributed by atoms with van der Waals surface area (Å²) in [5.74, 6) is -0.344. The van der Waals surface area contributed by atoms with Crippen LogP contribution in [0, 0.1) is 0 Å². The largest absolute Gasteiger partial charge is 0.334 e. The zero-order chi connectivity index (χ0) is 24.6. The zero-order valence-corrected chi connectivity index (χ0v) is 22.9. The third kappa shape index (κ3) is 7.69. The average Bonchev–Trinajstić information content (AvgIpc) is 3.28. The molecule has 1 saturated heterocycles. The Bertz CT molecular complexity index is 972. The van der Waals surface area contributed by atoms with Gasteiger partial charge in [-0.3, -0.25) is 14.2 Å². The average molecular weight is 532 g/mol. The number of amides is 1. The summed E-state index contributed by atoms with van der Waals surface area (Å²) < 4.78 is 31.3. The third-order valence-electron chi connectivity index (χ3n) is 5.34. The Morgan fingerprint density at radius 3 is 2.15 bits per heavy atom. The lowest BCUT2D eigenvalue weighted by Crippen LogP contribution is -2.28. The van der Waals surface area contributed by atoms with Gasteiger partial charge in [0.25, 0.3) is 16.0 Å². The Kier molecular flexibility index (Phi) is 11.2. The fraction of sp³-hybridized carbons (Fsp3) is 0.545. The van der Waals surface area contributed by atoms with Gasteiger partial charge in [-0.2, -0.15) is 8.42 Å². The maximum absolute atomic E-state index is 12.7. The Labute approximate surface area is 211 Å². The van der Waals surface area contributed by atoms with E-state index in [1.165, 1.54) is 43.2 Å². The van der Waals surface area contributed by atoms with Crippen LogP contribution in [0.4, 0.5) is 5.69 Å². The van der Waals surface area contributed by atoms with Crippen LogP contribution in [0.15, 0.2) is 39.1 Å². The van der Waals surface area contributed by atoms with Gasteiger partial charge in [-0.05, 0) is 51.5 Å². The molecule has 3 rings (SSSR count). The maximum Gasteiger partial charge on any atom is 0.268 e. The van der Waals surface area contributed by atoms with Crippen molar-refractivity contribution in [2.75, 3.05) is 43.4 Å².